The van der Waals surface area contributed by atoms with Crippen LogP contribution in [0.4, 0.5) is 22.9 Å². The van der Waals surface area contributed by atoms with Gasteiger partial charge in [-0.05, 0) is 52.1 Å². The Balaban J connectivity index is 1.60. The molecule has 0 saturated carbocycles. The van der Waals surface area contributed by atoms with E-state index in [9.17, 15) is 4.79 Å². The average molecular weight is 525 g/mol. The molecule has 0 bridgehead atoms. The summed E-state index contributed by atoms with van der Waals surface area (Å²) >= 11 is 0. The number of methoxy groups -OCH3 is 3. The Morgan fingerprint density at radius 1 is 1.14 bits per heavy atom. The highest BCUT2D eigenvalue weighted by Gasteiger charge is 2.49. The first-order valence-corrected chi connectivity index (χ1v) is 12.4. The number of aromatic nitrogens is 1. The van der Waals surface area contributed by atoms with E-state index in [1.807, 2.05) is 55.3 Å². The van der Waals surface area contributed by atoms with Crippen LogP contribution >= 0.6 is 9.39 Å². The van der Waals surface area contributed by atoms with Gasteiger partial charge in [0.1, 0.15) is 11.9 Å². The van der Waals surface area contributed by atoms with Gasteiger partial charge in [0.15, 0.2) is 17.6 Å². The van der Waals surface area contributed by atoms with Gasteiger partial charge in [-0.15, -0.1) is 0 Å². The number of hydrogen-bond acceptors (Lipinski definition) is 8. The monoisotopic (exact) mass is 524 g/mol. The highest BCUT2D eigenvalue weighted by Crippen LogP contribution is 2.47. The highest BCUT2D eigenvalue weighted by molar-refractivity contribution is 7.21. The van der Waals surface area contributed by atoms with Crippen molar-refractivity contribution in [2.45, 2.75) is 32.5 Å². The van der Waals surface area contributed by atoms with E-state index in [2.05, 4.69) is 21.3 Å². The number of ether oxygens (including phenoxy) is 4. The lowest BCUT2D eigenvalue weighted by Gasteiger charge is -2.23. The number of nitrogens with zero attached hydrogens (tertiary/aromatic N) is 3. The Kier molecular flexibility index (Phi) is 7.76. The van der Waals surface area contributed by atoms with E-state index in [4.69, 9.17) is 24.7 Å². The fourth-order valence-corrected chi connectivity index (χ4v) is 4.80. The number of carbonyl (C=O) groups excluding carboxylic acids is 1. The number of aryl methyl sites for hydroxylation is 2. The highest BCUT2D eigenvalue weighted by atomic mass is 31.0. The van der Waals surface area contributed by atoms with Crippen LogP contribution < -0.4 is 29.5 Å². The molecule has 3 atom stereocenters. The number of epoxide rings is 1. The van der Waals surface area contributed by atoms with Gasteiger partial charge in [0.2, 0.25) is 5.75 Å². The van der Waals surface area contributed by atoms with Crippen LogP contribution in [0.15, 0.2) is 42.6 Å². The third-order valence-electron chi connectivity index (χ3n) is 6.58. The molecule has 1 aliphatic rings. The van der Waals surface area contributed by atoms with Gasteiger partial charge < -0.3 is 29.6 Å². The second kappa shape index (κ2) is 10.8. The van der Waals surface area contributed by atoms with Crippen molar-refractivity contribution >= 4 is 38.2 Å². The largest absolute Gasteiger partial charge is 0.493 e. The van der Waals surface area contributed by atoms with Gasteiger partial charge in [-0.2, -0.15) is 0 Å². The molecule has 1 fully saturated rings. The molecule has 1 saturated heterocycles. The van der Waals surface area contributed by atoms with E-state index in [1.54, 1.807) is 27.5 Å². The summed E-state index contributed by atoms with van der Waals surface area (Å²) in [5, 5.41) is 0. The summed E-state index contributed by atoms with van der Waals surface area (Å²) < 4.78 is 23.8. The zero-order valence-electron chi connectivity index (χ0n) is 21.9. The van der Waals surface area contributed by atoms with E-state index < -0.39 is 12.2 Å². The Morgan fingerprint density at radius 3 is 2.41 bits per heavy atom. The number of hydrogen-bond donors (Lipinski definition) is 1. The molecule has 3 aromatic rings. The third-order valence-corrected chi connectivity index (χ3v) is 7.11. The lowest BCUT2D eigenvalue weighted by atomic mass is 10.0. The summed E-state index contributed by atoms with van der Waals surface area (Å²) in [4.78, 5) is 19.8. The van der Waals surface area contributed by atoms with Gasteiger partial charge in [-0.3, -0.25) is 9.46 Å². The van der Waals surface area contributed by atoms with Gasteiger partial charge in [0, 0.05) is 36.6 Å². The van der Waals surface area contributed by atoms with Crippen LogP contribution in [0.25, 0.3) is 0 Å². The normalized spacial score (nSPS) is 16.2. The van der Waals surface area contributed by atoms with Crippen molar-refractivity contribution in [3.8, 4) is 17.2 Å². The van der Waals surface area contributed by atoms with Gasteiger partial charge in [0.05, 0.1) is 32.7 Å². The molecule has 4 rings (SSSR count). The van der Waals surface area contributed by atoms with E-state index in [0.29, 0.717) is 34.4 Å². The molecule has 0 spiro atoms. The van der Waals surface area contributed by atoms with Crippen LogP contribution in [-0.2, 0) is 16.0 Å². The number of amides is 1. The minimum atomic E-state index is -0.653. The van der Waals surface area contributed by atoms with E-state index in [0.717, 1.165) is 28.8 Å². The zero-order chi connectivity index (χ0) is 26.9. The molecule has 1 amide bonds. The standard InChI is InChI=1S/C27H33N4O5P/c1-7-16-12-19(28)20(11-15(16)2)31(37)27(32)25-23(36-25)18-9-8-10-29-26(18)30(3)17-13-21(33-4)24(35-6)22(14-17)34-5/h8-14,23,25H,7,28,37H2,1-6H3. The molecule has 196 valence electrons. The SMILES string of the molecule is CCc1cc(N)c(N(P)C(=O)C2OC2c2cccnc2N(C)c2cc(OC)c(OC)c(OC)c2)cc1C. The molecule has 2 N–H and O–H groups in total. The molecule has 0 aliphatic carbocycles. The fraction of sp³-hybridized carbons (Fsp3) is 0.333. The molecule has 9 nitrogen and oxygen atoms in total. The molecule has 37 heavy (non-hydrogen) atoms. The van der Waals surface area contributed by atoms with Crippen LogP contribution in [0.5, 0.6) is 17.2 Å². The van der Waals surface area contributed by atoms with Crippen molar-refractivity contribution in [1.82, 2.24) is 4.98 Å². The van der Waals surface area contributed by atoms with E-state index in [-0.39, 0.29) is 5.91 Å². The lowest BCUT2D eigenvalue weighted by molar-refractivity contribution is -0.118. The number of anilines is 4. The van der Waals surface area contributed by atoms with Crippen molar-refractivity contribution < 1.29 is 23.7 Å². The van der Waals surface area contributed by atoms with Gasteiger partial charge in [-0.25, -0.2) is 4.98 Å². The fourth-order valence-electron chi connectivity index (χ4n) is 4.43. The predicted molar refractivity (Wildman–Crippen MR) is 148 cm³/mol. The smallest absolute Gasteiger partial charge is 0.262 e. The Bertz CT molecular complexity index is 1290. The van der Waals surface area contributed by atoms with Crippen LogP contribution in [0, 0.1) is 6.92 Å². The van der Waals surface area contributed by atoms with Crippen molar-refractivity contribution in [1.29, 1.82) is 0 Å². The minimum Gasteiger partial charge on any atom is -0.493 e. The summed E-state index contributed by atoms with van der Waals surface area (Å²) in [6, 6.07) is 11.3. The van der Waals surface area contributed by atoms with Gasteiger partial charge in [-0.1, -0.05) is 13.0 Å². The number of pyridine rings is 1. The van der Waals surface area contributed by atoms with Crippen molar-refractivity contribution in [3.63, 3.8) is 0 Å². The molecule has 10 heteroatoms. The van der Waals surface area contributed by atoms with Gasteiger partial charge >= 0.3 is 0 Å². The van der Waals surface area contributed by atoms with E-state index >= 15 is 0 Å². The maximum atomic E-state index is 13.3. The van der Waals surface area contributed by atoms with Crippen molar-refractivity contribution in [3.05, 3.63) is 59.3 Å². The molecule has 0 radical (unpaired) electrons. The summed E-state index contributed by atoms with van der Waals surface area (Å²) in [6.07, 6.45) is 1.48. The van der Waals surface area contributed by atoms with E-state index in [1.165, 1.54) is 4.67 Å². The molecule has 2 aromatic carbocycles. The average Bonchev–Trinajstić information content (AvgIpc) is 3.72. The van der Waals surface area contributed by atoms with Crippen LogP contribution in [0.2, 0.25) is 0 Å². The Labute approximate surface area is 219 Å². The number of nitrogens with two attached hydrogens (primary N) is 1. The molecular weight excluding hydrogens is 491 g/mol. The zero-order valence-corrected chi connectivity index (χ0v) is 23.1. The second-order valence-electron chi connectivity index (χ2n) is 8.74. The van der Waals surface area contributed by atoms with Crippen LogP contribution in [0.1, 0.15) is 29.7 Å². The maximum Gasteiger partial charge on any atom is 0.262 e. The summed E-state index contributed by atoms with van der Waals surface area (Å²) in [5.41, 5.74) is 11.3. The Hall–Kier alpha value is -3.55. The minimum absolute atomic E-state index is 0.199. The summed E-state index contributed by atoms with van der Waals surface area (Å²) in [5.74, 6) is 2.00. The first-order valence-electron chi connectivity index (χ1n) is 11.9. The lowest BCUT2D eigenvalue weighted by Crippen LogP contribution is -2.26. The third kappa shape index (κ3) is 5.02. The molecule has 3 unspecified atom stereocenters. The Morgan fingerprint density at radius 2 is 1.81 bits per heavy atom. The van der Waals surface area contributed by atoms with Gasteiger partial charge in [0.25, 0.3) is 5.91 Å². The number of rotatable bonds is 9. The first-order chi connectivity index (χ1) is 17.7. The summed E-state index contributed by atoms with van der Waals surface area (Å²) in [6.45, 7) is 4.09. The van der Waals surface area contributed by atoms with Crippen molar-refractivity contribution in [2.24, 2.45) is 0 Å². The number of benzene rings is 2. The van der Waals surface area contributed by atoms with Crippen molar-refractivity contribution in [2.75, 3.05) is 43.7 Å². The molecule has 1 aliphatic heterocycles. The van der Waals surface area contributed by atoms with Crippen LogP contribution in [-0.4, -0.2) is 45.4 Å². The predicted octanol–water partition coefficient (Wildman–Crippen LogP) is 4.59. The topological polar surface area (TPSA) is 103 Å². The quantitative estimate of drug-likeness (QED) is 0.246. The second-order valence-corrected chi connectivity index (χ2v) is 9.25. The molecular formula is C27H33N4O5P. The first kappa shape index (κ1) is 26.5. The molecule has 2 heterocycles. The summed E-state index contributed by atoms with van der Waals surface area (Å²) in [7, 11) is 9.06. The maximum absolute atomic E-state index is 13.3. The van der Waals surface area contributed by atoms with Crippen LogP contribution in [0.3, 0.4) is 0 Å². The molecule has 1 aromatic heterocycles. The number of nitrogen functional groups attached to an aromatic ring is 1. The number of carbonyl (C=O) groups is 1.